The van der Waals surface area contributed by atoms with E-state index in [0.29, 0.717) is 6.04 Å². The topological polar surface area (TPSA) is 58.4 Å². The van der Waals surface area contributed by atoms with Crippen LogP contribution in [0.1, 0.15) is 47.7 Å². The Bertz CT molecular complexity index is 1400. The summed E-state index contributed by atoms with van der Waals surface area (Å²) in [4.78, 5) is 13.5. The number of anilines is 1. The molecule has 1 N–H and O–H groups in total. The number of fused-ring (bicyclic) bond motifs is 1. The Balaban J connectivity index is 1.60. The van der Waals surface area contributed by atoms with Crippen LogP contribution in [0.15, 0.2) is 85.2 Å². The minimum Gasteiger partial charge on any atom is -0.478 e. The summed E-state index contributed by atoms with van der Waals surface area (Å²) in [5, 5.41) is 13.3. The van der Waals surface area contributed by atoms with Crippen LogP contribution in [-0.2, 0) is 24.7 Å². The lowest BCUT2D eigenvalue weighted by atomic mass is 9.83. The Kier molecular flexibility index (Phi) is 6.47. The molecule has 0 bridgehead atoms. The van der Waals surface area contributed by atoms with E-state index >= 15 is 0 Å². The number of aliphatic carboxylic acids is 1. The fourth-order valence-corrected chi connectivity index (χ4v) is 5.22. The summed E-state index contributed by atoms with van der Waals surface area (Å²) in [5.41, 5.74) is 9.55. The molecule has 0 saturated carbocycles. The molecule has 0 fully saturated rings. The molecule has 0 aliphatic carbocycles. The predicted octanol–water partition coefficient (Wildman–Crippen LogP) is 6.29. The number of hydrogen-bond donors (Lipinski definition) is 1. The van der Waals surface area contributed by atoms with Crippen molar-refractivity contribution < 1.29 is 9.90 Å². The highest BCUT2D eigenvalue weighted by Crippen LogP contribution is 2.42. The van der Waals surface area contributed by atoms with Gasteiger partial charge < -0.3 is 10.0 Å². The molecule has 1 aliphatic heterocycles. The average Bonchev–Trinajstić information content (AvgIpc) is 3.33. The normalized spacial score (nSPS) is 17.4. The van der Waals surface area contributed by atoms with E-state index in [2.05, 4.69) is 84.6 Å². The first-order chi connectivity index (χ1) is 17.4. The number of carbonyl (C=O) groups is 1. The van der Waals surface area contributed by atoms with Crippen LogP contribution in [0.25, 0.3) is 17.2 Å². The van der Waals surface area contributed by atoms with Crippen molar-refractivity contribution in [2.75, 3.05) is 4.90 Å². The number of carboxylic acids is 1. The van der Waals surface area contributed by atoms with Crippen LogP contribution in [0.3, 0.4) is 0 Å². The fraction of sp³-hybridized carbons (Fsp3) is 0.226. The minimum absolute atomic E-state index is 0.0525. The Hall–Kier alpha value is -4.12. The maximum absolute atomic E-state index is 10.9. The zero-order valence-corrected chi connectivity index (χ0v) is 20.9. The van der Waals surface area contributed by atoms with Gasteiger partial charge >= 0.3 is 5.97 Å². The van der Waals surface area contributed by atoms with Gasteiger partial charge in [0, 0.05) is 36.6 Å². The van der Waals surface area contributed by atoms with Crippen molar-refractivity contribution >= 4 is 17.7 Å². The number of carboxylic acid groups (broad SMARTS) is 1. The van der Waals surface area contributed by atoms with Gasteiger partial charge in [-0.15, -0.1) is 0 Å². The van der Waals surface area contributed by atoms with Gasteiger partial charge in [0.05, 0.1) is 12.2 Å². The molecule has 2 heterocycles. The molecule has 2 atom stereocenters. The van der Waals surface area contributed by atoms with Crippen LogP contribution in [0.4, 0.5) is 5.69 Å². The van der Waals surface area contributed by atoms with E-state index < -0.39 is 5.97 Å². The van der Waals surface area contributed by atoms with Crippen LogP contribution in [0.5, 0.6) is 0 Å². The van der Waals surface area contributed by atoms with E-state index in [1.807, 2.05) is 30.1 Å². The van der Waals surface area contributed by atoms with Crippen molar-refractivity contribution in [1.29, 1.82) is 0 Å². The van der Waals surface area contributed by atoms with Crippen LogP contribution in [-0.4, -0.2) is 26.9 Å². The van der Waals surface area contributed by atoms with Gasteiger partial charge in [-0.2, -0.15) is 5.10 Å². The molecule has 5 heteroatoms. The molecule has 5 nitrogen and oxygen atoms in total. The second kappa shape index (κ2) is 9.86. The number of nitrogens with zero attached hydrogens (tertiary/aromatic N) is 3. The van der Waals surface area contributed by atoms with E-state index in [4.69, 9.17) is 5.11 Å². The Morgan fingerprint density at radius 1 is 1.06 bits per heavy atom. The van der Waals surface area contributed by atoms with Crippen LogP contribution < -0.4 is 4.90 Å². The summed E-state index contributed by atoms with van der Waals surface area (Å²) in [6, 6.07) is 24.3. The highest BCUT2D eigenvalue weighted by Gasteiger charge is 2.33. The molecule has 0 spiro atoms. The molecule has 182 valence electrons. The first kappa shape index (κ1) is 23.6. The van der Waals surface area contributed by atoms with E-state index in [0.717, 1.165) is 24.0 Å². The average molecular weight is 478 g/mol. The predicted molar refractivity (Wildman–Crippen MR) is 145 cm³/mol. The lowest BCUT2D eigenvalue weighted by molar-refractivity contribution is -0.131. The second-order valence-electron chi connectivity index (χ2n) is 9.54. The van der Waals surface area contributed by atoms with E-state index in [-0.39, 0.29) is 6.04 Å². The van der Waals surface area contributed by atoms with Gasteiger partial charge in [-0.3, -0.25) is 4.68 Å². The molecular weight excluding hydrogens is 446 g/mol. The van der Waals surface area contributed by atoms with E-state index in [9.17, 15) is 4.79 Å². The molecule has 0 amide bonds. The maximum Gasteiger partial charge on any atom is 0.328 e. The number of rotatable bonds is 6. The summed E-state index contributed by atoms with van der Waals surface area (Å²) in [5.74, 6) is -0.944. The second-order valence-corrected chi connectivity index (χ2v) is 9.54. The standard InChI is InChI=1S/C31H31N3O2/c1-4-22-7-13-28(14-8-22)34-21(2)17-26-18-25(27-19-32-33(3)20-27)12-15-29(26)31(34)24-10-5-23(6-11-24)9-16-30(35)36/h5-16,18-21,31H,4,17H2,1-3H3,(H,35,36)/b16-9+/t21-,31+/m0/s1. The number of aromatic nitrogens is 2. The molecule has 0 radical (unpaired) electrons. The monoisotopic (exact) mass is 477 g/mol. The fourth-order valence-electron chi connectivity index (χ4n) is 5.22. The zero-order chi connectivity index (χ0) is 25.2. The molecule has 1 aromatic heterocycles. The highest BCUT2D eigenvalue weighted by atomic mass is 16.4. The third kappa shape index (κ3) is 4.69. The SMILES string of the molecule is CCc1ccc(N2[C@H](c3ccc(/C=C/C(=O)O)cc3)c3ccc(-c4cnn(C)c4)cc3C[C@@H]2C)cc1. The largest absolute Gasteiger partial charge is 0.478 e. The van der Waals surface area contributed by atoms with Crippen molar-refractivity contribution in [3.05, 3.63) is 113 Å². The first-order valence-electron chi connectivity index (χ1n) is 12.4. The quantitative estimate of drug-likeness (QED) is 0.332. The lowest BCUT2D eigenvalue weighted by Crippen LogP contribution is -2.42. The van der Waals surface area contributed by atoms with E-state index in [1.54, 1.807) is 6.08 Å². The Morgan fingerprint density at radius 3 is 2.44 bits per heavy atom. The summed E-state index contributed by atoms with van der Waals surface area (Å²) in [6.07, 6.45) is 8.74. The van der Waals surface area contributed by atoms with Crippen molar-refractivity contribution in [2.24, 2.45) is 7.05 Å². The van der Waals surface area contributed by atoms with Gasteiger partial charge in [-0.05, 0) is 71.4 Å². The first-order valence-corrected chi connectivity index (χ1v) is 12.4. The van der Waals surface area contributed by atoms with E-state index in [1.165, 1.54) is 39.6 Å². The van der Waals surface area contributed by atoms with Crippen LogP contribution >= 0.6 is 0 Å². The molecule has 3 aromatic carbocycles. The smallest absolute Gasteiger partial charge is 0.328 e. The lowest BCUT2D eigenvalue weighted by Gasteiger charge is -2.44. The van der Waals surface area contributed by atoms with Gasteiger partial charge in [-0.25, -0.2) is 4.79 Å². The molecular formula is C31H31N3O2. The molecule has 0 unspecified atom stereocenters. The third-order valence-corrected chi connectivity index (χ3v) is 7.06. The minimum atomic E-state index is -0.944. The molecule has 0 saturated heterocycles. The summed E-state index contributed by atoms with van der Waals surface area (Å²) < 4.78 is 1.84. The van der Waals surface area contributed by atoms with Gasteiger partial charge in [0.15, 0.2) is 0 Å². The van der Waals surface area contributed by atoms with Crippen molar-refractivity contribution in [2.45, 2.75) is 38.8 Å². The van der Waals surface area contributed by atoms with Gasteiger partial charge in [-0.1, -0.05) is 61.5 Å². The van der Waals surface area contributed by atoms with Crippen molar-refractivity contribution in [3.8, 4) is 11.1 Å². The number of benzene rings is 3. The van der Waals surface area contributed by atoms with Crippen LogP contribution in [0.2, 0.25) is 0 Å². The Morgan fingerprint density at radius 2 is 1.81 bits per heavy atom. The Labute approximate surface area is 212 Å². The molecule has 4 aromatic rings. The zero-order valence-electron chi connectivity index (χ0n) is 20.9. The van der Waals surface area contributed by atoms with Gasteiger partial charge in [0.2, 0.25) is 0 Å². The molecule has 1 aliphatic rings. The van der Waals surface area contributed by atoms with Crippen molar-refractivity contribution in [3.63, 3.8) is 0 Å². The van der Waals surface area contributed by atoms with Crippen LogP contribution in [0, 0.1) is 0 Å². The van der Waals surface area contributed by atoms with Gasteiger partial charge in [0.1, 0.15) is 0 Å². The molecule has 36 heavy (non-hydrogen) atoms. The third-order valence-electron chi connectivity index (χ3n) is 7.06. The summed E-state index contributed by atoms with van der Waals surface area (Å²) in [6.45, 7) is 4.47. The number of aryl methyl sites for hydroxylation is 2. The number of hydrogen-bond acceptors (Lipinski definition) is 3. The highest BCUT2D eigenvalue weighted by molar-refractivity contribution is 5.85. The summed E-state index contributed by atoms with van der Waals surface area (Å²) >= 11 is 0. The molecule has 5 rings (SSSR count). The van der Waals surface area contributed by atoms with Crippen molar-refractivity contribution in [1.82, 2.24) is 9.78 Å². The summed E-state index contributed by atoms with van der Waals surface area (Å²) in [7, 11) is 1.94. The van der Waals surface area contributed by atoms with Gasteiger partial charge in [0.25, 0.3) is 0 Å². The maximum atomic E-state index is 10.9.